The normalized spacial score (nSPS) is 10.6. The Hall–Kier alpha value is -1.16. The third-order valence-electron chi connectivity index (χ3n) is 2.51. The Labute approximate surface area is 95.3 Å². The van der Waals surface area contributed by atoms with Gasteiger partial charge in [-0.1, -0.05) is 6.92 Å². The van der Waals surface area contributed by atoms with Gasteiger partial charge < -0.3 is 10.2 Å². The first-order valence-electron chi connectivity index (χ1n) is 5.49. The average Bonchev–Trinajstić information content (AvgIpc) is 2.25. The maximum Gasteiger partial charge on any atom is 0.149 e. The first-order chi connectivity index (χ1) is 7.60. The summed E-state index contributed by atoms with van der Waals surface area (Å²) < 4.78 is 27.3. The maximum absolute atomic E-state index is 13.7. The molecule has 0 radical (unpaired) electrons. The molecule has 0 fully saturated rings. The molecule has 1 aromatic rings. The molecule has 0 atom stereocenters. The zero-order valence-electron chi connectivity index (χ0n) is 9.98. The fraction of sp³-hybridized carbons (Fsp3) is 0.500. The third-order valence-corrected chi connectivity index (χ3v) is 2.51. The Balaban J connectivity index is 2.98. The van der Waals surface area contributed by atoms with Gasteiger partial charge in [0.05, 0.1) is 0 Å². The highest BCUT2D eigenvalue weighted by Crippen LogP contribution is 2.23. The molecule has 1 rings (SSSR count). The van der Waals surface area contributed by atoms with E-state index in [1.807, 2.05) is 13.8 Å². The Kier molecular flexibility index (Phi) is 4.68. The standard InChI is InChI=1S/C12H18F2N2/c1-4-15-8-9-6-10(13)12(11(14)7-9)16(3)5-2/h6-7,15H,4-5,8H2,1-3H3. The number of hydrogen-bond acceptors (Lipinski definition) is 2. The molecule has 1 N–H and O–H groups in total. The van der Waals surface area contributed by atoms with Crippen molar-refractivity contribution in [2.24, 2.45) is 0 Å². The molecule has 0 saturated carbocycles. The van der Waals surface area contributed by atoms with Gasteiger partial charge >= 0.3 is 0 Å². The van der Waals surface area contributed by atoms with Gasteiger partial charge in [0, 0.05) is 20.1 Å². The minimum atomic E-state index is -0.503. The predicted molar refractivity (Wildman–Crippen MR) is 62.7 cm³/mol. The van der Waals surface area contributed by atoms with E-state index in [-0.39, 0.29) is 5.69 Å². The van der Waals surface area contributed by atoms with Crippen LogP contribution in [0.15, 0.2) is 12.1 Å². The van der Waals surface area contributed by atoms with Crippen LogP contribution in [0, 0.1) is 11.6 Å². The van der Waals surface area contributed by atoms with Crippen molar-refractivity contribution >= 4 is 5.69 Å². The lowest BCUT2D eigenvalue weighted by atomic mass is 10.1. The van der Waals surface area contributed by atoms with E-state index < -0.39 is 11.6 Å². The number of nitrogens with one attached hydrogen (secondary N) is 1. The van der Waals surface area contributed by atoms with Crippen LogP contribution in [-0.2, 0) is 6.54 Å². The molecule has 0 amide bonds. The van der Waals surface area contributed by atoms with E-state index in [1.54, 1.807) is 11.9 Å². The van der Waals surface area contributed by atoms with Crippen molar-refractivity contribution in [3.63, 3.8) is 0 Å². The van der Waals surface area contributed by atoms with Gasteiger partial charge in [0.25, 0.3) is 0 Å². The molecule has 0 unspecified atom stereocenters. The number of nitrogens with zero attached hydrogens (tertiary/aromatic N) is 1. The lowest BCUT2D eigenvalue weighted by Gasteiger charge is -2.19. The van der Waals surface area contributed by atoms with Gasteiger partial charge in [-0.3, -0.25) is 0 Å². The van der Waals surface area contributed by atoms with Crippen molar-refractivity contribution in [3.05, 3.63) is 29.3 Å². The Morgan fingerprint density at radius 2 is 1.75 bits per heavy atom. The lowest BCUT2D eigenvalue weighted by Crippen LogP contribution is -2.19. The van der Waals surface area contributed by atoms with Gasteiger partial charge in [0.15, 0.2) is 0 Å². The van der Waals surface area contributed by atoms with E-state index in [0.717, 1.165) is 6.54 Å². The number of hydrogen-bond donors (Lipinski definition) is 1. The van der Waals surface area contributed by atoms with Crippen molar-refractivity contribution in [2.45, 2.75) is 20.4 Å². The van der Waals surface area contributed by atoms with Crippen LogP contribution in [0.4, 0.5) is 14.5 Å². The highest BCUT2D eigenvalue weighted by molar-refractivity contribution is 5.49. The van der Waals surface area contributed by atoms with Crippen molar-refractivity contribution < 1.29 is 8.78 Å². The monoisotopic (exact) mass is 228 g/mol. The largest absolute Gasteiger partial charge is 0.370 e. The smallest absolute Gasteiger partial charge is 0.149 e. The van der Waals surface area contributed by atoms with Crippen molar-refractivity contribution in [1.29, 1.82) is 0 Å². The zero-order chi connectivity index (χ0) is 12.1. The van der Waals surface area contributed by atoms with Gasteiger partial charge in [0.2, 0.25) is 0 Å². The summed E-state index contributed by atoms with van der Waals surface area (Å²) in [5.41, 5.74) is 0.674. The number of benzene rings is 1. The lowest BCUT2D eigenvalue weighted by molar-refractivity contribution is 0.572. The van der Waals surface area contributed by atoms with Gasteiger partial charge in [0.1, 0.15) is 17.3 Å². The second-order valence-electron chi connectivity index (χ2n) is 3.70. The van der Waals surface area contributed by atoms with Crippen LogP contribution >= 0.6 is 0 Å². The van der Waals surface area contributed by atoms with Crippen LogP contribution in [0.1, 0.15) is 19.4 Å². The Morgan fingerprint density at radius 1 is 1.19 bits per heavy atom. The quantitative estimate of drug-likeness (QED) is 0.833. The molecular weight excluding hydrogens is 210 g/mol. The summed E-state index contributed by atoms with van der Waals surface area (Å²) in [7, 11) is 1.67. The first-order valence-corrected chi connectivity index (χ1v) is 5.49. The minimum absolute atomic E-state index is 0.0442. The zero-order valence-corrected chi connectivity index (χ0v) is 9.98. The summed E-state index contributed by atoms with van der Waals surface area (Å²) in [4.78, 5) is 1.56. The van der Waals surface area contributed by atoms with Gasteiger partial charge in [-0.15, -0.1) is 0 Å². The molecule has 0 saturated heterocycles. The van der Waals surface area contributed by atoms with E-state index >= 15 is 0 Å². The van der Waals surface area contributed by atoms with Crippen LogP contribution in [0.2, 0.25) is 0 Å². The van der Waals surface area contributed by atoms with Crippen LogP contribution in [-0.4, -0.2) is 20.1 Å². The second kappa shape index (κ2) is 5.80. The van der Waals surface area contributed by atoms with Crippen molar-refractivity contribution in [2.75, 3.05) is 25.0 Å². The number of rotatable bonds is 5. The fourth-order valence-electron chi connectivity index (χ4n) is 1.51. The summed E-state index contributed by atoms with van der Waals surface area (Å²) in [5, 5.41) is 3.03. The average molecular weight is 228 g/mol. The first kappa shape index (κ1) is 12.9. The molecule has 0 spiro atoms. The van der Waals surface area contributed by atoms with Crippen LogP contribution in [0.3, 0.4) is 0 Å². The molecule has 0 heterocycles. The van der Waals surface area contributed by atoms with E-state index in [1.165, 1.54) is 12.1 Å². The Morgan fingerprint density at radius 3 is 2.19 bits per heavy atom. The topological polar surface area (TPSA) is 15.3 Å². The van der Waals surface area contributed by atoms with E-state index in [2.05, 4.69) is 5.32 Å². The van der Waals surface area contributed by atoms with Crippen molar-refractivity contribution in [3.8, 4) is 0 Å². The molecule has 0 aliphatic heterocycles. The number of halogens is 2. The highest BCUT2D eigenvalue weighted by Gasteiger charge is 2.13. The molecule has 2 nitrogen and oxygen atoms in total. The minimum Gasteiger partial charge on any atom is -0.370 e. The molecule has 0 bridgehead atoms. The van der Waals surface area contributed by atoms with Gasteiger partial charge in [-0.25, -0.2) is 8.78 Å². The van der Waals surface area contributed by atoms with Crippen LogP contribution in [0.5, 0.6) is 0 Å². The number of anilines is 1. The molecule has 0 aliphatic carbocycles. The molecule has 16 heavy (non-hydrogen) atoms. The molecule has 0 aliphatic rings. The molecule has 0 aromatic heterocycles. The fourth-order valence-corrected chi connectivity index (χ4v) is 1.51. The van der Waals surface area contributed by atoms with E-state index in [9.17, 15) is 8.78 Å². The van der Waals surface area contributed by atoms with Gasteiger partial charge in [-0.05, 0) is 31.2 Å². The second-order valence-corrected chi connectivity index (χ2v) is 3.70. The predicted octanol–water partition coefficient (Wildman–Crippen LogP) is 2.53. The highest BCUT2D eigenvalue weighted by atomic mass is 19.1. The third kappa shape index (κ3) is 2.92. The maximum atomic E-state index is 13.7. The van der Waals surface area contributed by atoms with Crippen LogP contribution < -0.4 is 10.2 Å². The SMILES string of the molecule is CCNCc1cc(F)c(N(C)CC)c(F)c1. The summed E-state index contributed by atoms with van der Waals surface area (Å²) in [6.45, 7) is 5.64. The molecule has 4 heteroatoms. The summed E-state index contributed by atoms with van der Waals surface area (Å²) >= 11 is 0. The molecule has 1 aromatic carbocycles. The summed E-state index contributed by atoms with van der Waals surface area (Å²) in [6, 6.07) is 2.76. The summed E-state index contributed by atoms with van der Waals surface area (Å²) in [5.74, 6) is -1.01. The Bertz CT molecular complexity index is 330. The van der Waals surface area contributed by atoms with E-state index in [4.69, 9.17) is 0 Å². The van der Waals surface area contributed by atoms with E-state index in [0.29, 0.717) is 18.7 Å². The van der Waals surface area contributed by atoms with Crippen molar-refractivity contribution in [1.82, 2.24) is 5.32 Å². The summed E-state index contributed by atoms with van der Waals surface area (Å²) in [6.07, 6.45) is 0. The van der Waals surface area contributed by atoms with Gasteiger partial charge in [-0.2, -0.15) is 0 Å². The van der Waals surface area contributed by atoms with Crippen LogP contribution in [0.25, 0.3) is 0 Å². The molecule has 90 valence electrons. The molecular formula is C12H18F2N2.